The number of primary sulfonamides is 2. The quantitative estimate of drug-likeness (QED) is 0.227. The molecule has 0 saturated carbocycles. The van der Waals surface area contributed by atoms with E-state index in [-0.39, 0.29) is 21.2 Å². The van der Waals surface area contributed by atoms with Crippen molar-refractivity contribution in [3.8, 4) is 51.8 Å². The van der Waals surface area contributed by atoms with Gasteiger partial charge in [-0.15, -0.1) is 0 Å². The molecule has 4 N–H and O–H groups in total. The molecule has 0 fully saturated rings. The van der Waals surface area contributed by atoms with Gasteiger partial charge in [0, 0.05) is 23.3 Å². The minimum atomic E-state index is -3.78. The van der Waals surface area contributed by atoms with Gasteiger partial charge in [0.2, 0.25) is 20.0 Å². The highest BCUT2D eigenvalue weighted by atomic mass is 79.9. The third kappa shape index (κ3) is 7.92. The molecule has 0 bridgehead atoms. The van der Waals surface area contributed by atoms with Gasteiger partial charge in [-0.3, -0.25) is 0 Å². The van der Waals surface area contributed by atoms with Crippen molar-refractivity contribution >= 4 is 36.0 Å². The number of aromatic nitrogens is 4. The van der Waals surface area contributed by atoms with E-state index < -0.39 is 20.0 Å². The zero-order valence-corrected chi connectivity index (χ0v) is 28.7. The molecule has 0 aliphatic carbocycles. The lowest BCUT2D eigenvalue weighted by Crippen LogP contribution is -2.12. The van der Waals surface area contributed by atoms with E-state index in [0.717, 1.165) is 21.3 Å². The lowest BCUT2D eigenvalue weighted by molar-refractivity contribution is 0.412. The second kappa shape index (κ2) is 14.2. The van der Waals surface area contributed by atoms with Gasteiger partial charge in [-0.1, -0.05) is 30.3 Å². The van der Waals surface area contributed by atoms with Crippen molar-refractivity contribution < 1.29 is 21.6 Å². The molecule has 2 aromatic heterocycles. The molecule has 13 nitrogen and oxygen atoms in total. The Morgan fingerprint density at radius 1 is 0.653 bits per heavy atom. The molecule has 6 rings (SSSR count). The fourth-order valence-corrected chi connectivity index (χ4v) is 6.24. The Morgan fingerprint density at radius 3 is 1.49 bits per heavy atom. The van der Waals surface area contributed by atoms with Gasteiger partial charge >= 0.3 is 0 Å². The highest BCUT2D eigenvalue weighted by Gasteiger charge is 2.16. The van der Waals surface area contributed by atoms with E-state index in [1.54, 1.807) is 58.9 Å². The lowest BCUT2D eigenvalue weighted by atomic mass is 10.1. The predicted molar refractivity (Wildman–Crippen MR) is 184 cm³/mol. The number of nitriles is 2. The maximum absolute atomic E-state index is 11.4. The van der Waals surface area contributed by atoms with Crippen LogP contribution in [0.15, 0.2) is 123 Å². The Labute approximate surface area is 290 Å². The van der Waals surface area contributed by atoms with Crippen LogP contribution in [0.2, 0.25) is 0 Å². The molecule has 2 heterocycles. The van der Waals surface area contributed by atoms with Gasteiger partial charge in [-0.2, -0.15) is 20.7 Å². The van der Waals surface area contributed by atoms with E-state index in [9.17, 15) is 22.1 Å². The summed E-state index contributed by atoms with van der Waals surface area (Å²) in [4.78, 5) is 0.0258. The molecule has 4 aromatic carbocycles. The molecule has 0 aliphatic rings. The Balaban J connectivity index is 0.000000192. The summed E-state index contributed by atoms with van der Waals surface area (Å²) < 4.78 is 54.6. The lowest BCUT2D eigenvalue weighted by Gasteiger charge is -2.10. The third-order valence-electron chi connectivity index (χ3n) is 6.98. The van der Waals surface area contributed by atoms with Crippen molar-refractivity contribution in [2.75, 3.05) is 7.11 Å². The van der Waals surface area contributed by atoms with Crippen LogP contribution in [0.1, 0.15) is 11.4 Å². The Bertz CT molecular complexity index is 2450. The number of nitrogens with zero attached hydrogens (tertiary/aromatic N) is 6. The van der Waals surface area contributed by atoms with Crippen LogP contribution >= 0.6 is 15.9 Å². The van der Waals surface area contributed by atoms with Crippen LogP contribution in [0.5, 0.6) is 5.75 Å². The summed E-state index contributed by atoms with van der Waals surface area (Å²) in [5, 5.41) is 37.0. The number of benzene rings is 4. The van der Waals surface area contributed by atoms with Crippen LogP contribution in [0.25, 0.3) is 33.9 Å². The number of ether oxygens (including phenoxy) is 1. The van der Waals surface area contributed by atoms with Gasteiger partial charge in [0.1, 0.15) is 17.9 Å². The van der Waals surface area contributed by atoms with Gasteiger partial charge in [0.25, 0.3) is 0 Å². The smallest absolute Gasteiger partial charge is 0.238 e. The maximum atomic E-state index is 11.4. The van der Waals surface area contributed by atoms with Crippen molar-refractivity contribution in [2.24, 2.45) is 10.3 Å². The van der Waals surface area contributed by atoms with Crippen molar-refractivity contribution in [3.63, 3.8) is 0 Å². The highest BCUT2D eigenvalue weighted by Crippen LogP contribution is 2.32. The molecule has 0 radical (unpaired) electrons. The molecule has 0 spiro atoms. The first-order valence-electron chi connectivity index (χ1n) is 14.0. The summed E-state index contributed by atoms with van der Waals surface area (Å²) in [6.07, 6.45) is 0. The first-order valence-corrected chi connectivity index (χ1v) is 17.9. The molecule has 6 aromatic rings. The maximum Gasteiger partial charge on any atom is 0.238 e. The average molecular weight is 758 g/mol. The summed E-state index contributed by atoms with van der Waals surface area (Å²) >= 11 is 3.44. The van der Waals surface area contributed by atoms with E-state index in [4.69, 9.17) is 20.3 Å². The van der Waals surface area contributed by atoms with E-state index in [0.29, 0.717) is 22.8 Å². The van der Waals surface area contributed by atoms with Crippen LogP contribution in [0, 0.1) is 22.7 Å². The fraction of sp³-hybridized carbons (Fsp3) is 0.0303. The molecular weight excluding hydrogens is 732 g/mol. The summed E-state index contributed by atoms with van der Waals surface area (Å²) in [6, 6.07) is 34.3. The number of hydrogen-bond acceptors (Lipinski definition) is 9. The summed E-state index contributed by atoms with van der Waals surface area (Å²) in [6.45, 7) is 0. The van der Waals surface area contributed by atoms with Gasteiger partial charge in [-0.25, -0.2) is 36.5 Å². The highest BCUT2D eigenvalue weighted by molar-refractivity contribution is 9.10. The second-order valence-corrected chi connectivity index (χ2v) is 14.1. The molecule has 49 heavy (non-hydrogen) atoms. The molecule has 0 amide bonds. The largest absolute Gasteiger partial charge is 0.496 e. The molecule has 0 saturated heterocycles. The van der Waals surface area contributed by atoms with E-state index in [1.165, 1.54) is 24.3 Å². The third-order valence-corrected chi connectivity index (χ3v) is 9.46. The Kier molecular flexibility index (Phi) is 10.1. The van der Waals surface area contributed by atoms with E-state index in [1.807, 2.05) is 54.6 Å². The summed E-state index contributed by atoms with van der Waals surface area (Å²) in [7, 11) is -5.95. The van der Waals surface area contributed by atoms with Crippen molar-refractivity contribution in [3.05, 3.63) is 125 Å². The van der Waals surface area contributed by atoms with Gasteiger partial charge in [0.15, 0.2) is 11.4 Å². The normalized spacial score (nSPS) is 11.1. The van der Waals surface area contributed by atoms with E-state index >= 15 is 0 Å². The topological polar surface area (TPSA) is 213 Å². The molecule has 16 heteroatoms. The number of hydrogen-bond donors (Lipinski definition) is 2. The van der Waals surface area contributed by atoms with Crippen LogP contribution in [0.3, 0.4) is 0 Å². The standard InChI is InChI=1S/C17H13BrN4O3S.C16H12N4O2S/c1-25-17-7-2-11(8-15(17)18)16-9-12(10-19)21-22(16)13-3-5-14(6-4-13)26(20,23)24;17-11-13-10-16(12-4-2-1-3-5-12)20(19-13)14-6-8-15(9-7-14)23(18,21)22/h2-9H,1H3,(H2,20,23,24);1-10H,(H2,18,21,22). The Morgan fingerprint density at radius 2 is 1.10 bits per heavy atom. The Hall–Kier alpha value is -5.62. The van der Waals surface area contributed by atoms with Crippen LogP contribution in [-0.4, -0.2) is 43.5 Å². The van der Waals surface area contributed by atoms with Crippen molar-refractivity contribution in [1.82, 2.24) is 19.6 Å². The first-order chi connectivity index (χ1) is 23.3. The van der Waals surface area contributed by atoms with Crippen LogP contribution < -0.4 is 15.0 Å². The number of rotatable bonds is 7. The van der Waals surface area contributed by atoms with Gasteiger partial charge in [-0.05, 0) is 82.7 Å². The number of nitrogens with two attached hydrogens (primary N) is 2. The van der Waals surface area contributed by atoms with Crippen molar-refractivity contribution in [1.29, 1.82) is 10.5 Å². The number of sulfonamides is 2. The van der Waals surface area contributed by atoms with Crippen molar-refractivity contribution in [2.45, 2.75) is 9.79 Å². The number of halogens is 1. The molecular formula is C33H25BrN8O5S2. The average Bonchev–Trinajstić information content (AvgIpc) is 3.74. The molecule has 0 aliphatic heterocycles. The zero-order chi connectivity index (χ0) is 35.3. The minimum Gasteiger partial charge on any atom is -0.496 e. The molecule has 0 atom stereocenters. The predicted octanol–water partition coefficient (Wildman–Crippen LogP) is 4.89. The van der Waals surface area contributed by atoms with Crippen LogP contribution in [-0.2, 0) is 20.0 Å². The second-order valence-electron chi connectivity index (χ2n) is 10.2. The first kappa shape index (κ1) is 34.7. The zero-order valence-electron chi connectivity index (χ0n) is 25.5. The van der Waals surface area contributed by atoms with Gasteiger partial charge < -0.3 is 4.74 Å². The van der Waals surface area contributed by atoms with E-state index in [2.05, 4.69) is 26.1 Å². The van der Waals surface area contributed by atoms with Gasteiger partial charge in [0.05, 0.1) is 44.1 Å². The fourth-order valence-electron chi connectivity index (χ4n) is 4.67. The molecule has 246 valence electrons. The number of methoxy groups -OCH3 is 1. The SMILES string of the molecule is COc1ccc(-c2cc(C#N)nn2-c2ccc(S(N)(=O)=O)cc2)cc1Br.N#Cc1cc(-c2ccccc2)n(-c2ccc(S(N)(=O)=O)cc2)n1. The molecule has 0 unspecified atom stereocenters. The minimum absolute atomic E-state index is 0.00246. The summed E-state index contributed by atoms with van der Waals surface area (Å²) in [5.41, 5.74) is 4.87. The monoisotopic (exact) mass is 756 g/mol. The summed E-state index contributed by atoms with van der Waals surface area (Å²) in [5.74, 6) is 0.679. The van der Waals surface area contributed by atoms with Crippen LogP contribution in [0.4, 0.5) is 0 Å².